The molecule has 1 unspecified atom stereocenters. The number of nitrogens with one attached hydrogen (secondary N) is 1. The van der Waals surface area contributed by atoms with Gasteiger partial charge in [0.25, 0.3) is 5.56 Å². The van der Waals surface area contributed by atoms with E-state index in [1.165, 1.54) is 44.3 Å². The van der Waals surface area contributed by atoms with E-state index in [2.05, 4.69) is 4.98 Å². The zero-order valence-corrected chi connectivity index (χ0v) is 11.5. The Bertz CT molecular complexity index is 459. The lowest BCUT2D eigenvalue weighted by atomic mass is 10.0. The minimum absolute atomic E-state index is 0.0353. The van der Waals surface area contributed by atoms with Crippen LogP contribution in [0.2, 0.25) is 0 Å². The van der Waals surface area contributed by atoms with E-state index in [9.17, 15) is 4.79 Å². The second kappa shape index (κ2) is 5.47. The average molecular weight is 264 g/mol. The summed E-state index contributed by atoms with van der Waals surface area (Å²) in [6.45, 7) is 0. The van der Waals surface area contributed by atoms with Crippen LogP contribution in [0.4, 0.5) is 0 Å². The van der Waals surface area contributed by atoms with Crippen LogP contribution in [0, 0.1) is 0 Å². The zero-order valence-electron chi connectivity index (χ0n) is 10.7. The van der Waals surface area contributed by atoms with Crippen LogP contribution in [-0.2, 0) is 0 Å². The highest BCUT2D eigenvalue weighted by Crippen LogP contribution is 2.37. The van der Waals surface area contributed by atoms with Crippen LogP contribution in [0.1, 0.15) is 67.6 Å². The van der Waals surface area contributed by atoms with Crippen molar-refractivity contribution in [2.24, 2.45) is 0 Å². The number of hydrogen-bond donors (Lipinski definition) is 1. The smallest absolute Gasteiger partial charge is 0.251 e. The van der Waals surface area contributed by atoms with E-state index in [4.69, 9.17) is 4.98 Å². The Hall–Kier alpha value is -0.770. The quantitative estimate of drug-likeness (QED) is 0.890. The molecule has 98 valence electrons. The van der Waals surface area contributed by atoms with Crippen LogP contribution in [0.5, 0.6) is 0 Å². The maximum atomic E-state index is 11.8. The lowest BCUT2D eigenvalue weighted by Crippen LogP contribution is -2.17. The van der Waals surface area contributed by atoms with Gasteiger partial charge in [-0.1, -0.05) is 19.3 Å². The van der Waals surface area contributed by atoms with Crippen LogP contribution >= 0.6 is 11.8 Å². The standard InChI is InChI=1S/C14H20N2OS/c17-13-9-11(10-5-1-2-6-10)15-14(16-13)12-7-3-4-8-18-12/h9-10,12H,1-8H2,(H,15,16,17). The number of hydrogen-bond acceptors (Lipinski definition) is 3. The second-order valence-corrected chi connectivity index (χ2v) is 6.70. The number of rotatable bonds is 2. The summed E-state index contributed by atoms with van der Waals surface area (Å²) in [5.74, 6) is 2.65. The van der Waals surface area contributed by atoms with Crippen molar-refractivity contribution in [3.8, 4) is 0 Å². The van der Waals surface area contributed by atoms with Crippen molar-refractivity contribution in [1.29, 1.82) is 0 Å². The highest BCUT2D eigenvalue weighted by atomic mass is 32.2. The van der Waals surface area contributed by atoms with Crippen molar-refractivity contribution in [3.63, 3.8) is 0 Å². The second-order valence-electron chi connectivity index (χ2n) is 5.39. The molecule has 2 aliphatic rings. The lowest BCUT2D eigenvalue weighted by Gasteiger charge is -2.21. The van der Waals surface area contributed by atoms with Crippen molar-refractivity contribution in [2.75, 3.05) is 5.75 Å². The summed E-state index contributed by atoms with van der Waals surface area (Å²) in [6.07, 6.45) is 8.69. The maximum absolute atomic E-state index is 11.8. The Morgan fingerprint density at radius 1 is 1.17 bits per heavy atom. The van der Waals surface area contributed by atoms with Gasteiger partial charge >= 0.3 is 0 Å². The molecule has 1 atom stereocenters. The van der Waals surface area contributed by atoms with Gasteiger partial charge < -0.3 is 4.98 Å². The highest BCUT2D eigenvalue weighted by Gasteiger charge is 2.23. The molecule has 1 aromatic rings. The molecule has 18 heavy (non-hydrogen) atoms. The van der Waals surface area contributed by atoms with Gasteiger partial charge in [-0.3, -0.25) is 4.79 Å². The first-order chi connectivity index (χ1) is 8.83. The highest BCUT2D eigenvalue weighted by molar-refractivity contribution is 7.99. The zero-order chi connectivity index (χ0) is 12.4. The maximum Gasteiger partial charge on any atom is 0.251 e. The number of H-pyrrole nitrogens is 1. The van der Waals surface area contributed by atoms with Gasteiger partial charge in [-0.05, 0) is 31.4 Å². The molecule has 2 fully saturated rings. The molecule has 1 saturated carbocycles. The molecule has 1 N–H and O–H groups in total. The van der Waals surface area contributed by atoms with E-state index < -0.39 is 0 Å². The monoisotopic (exact) mass is 264 g/mol. The van der Waals surface area contributed by atoms with Gasteiger partial charge in [-0.2, -0.15) is 11.8 Å². The molecule has 2 heterocycles. The fourth-order valence-electron chi connectivity index (χ4n) is 3.04. The third kappa shape index (κ3) is 2.63. The molecule has 0 radical (unpaired) electrons. The fourth-order valence-corrected chi connectivity index (χ4v) is 4.29. The minimum Gasteiger partial charge on any atom is -0.310 e. The van der Waals surface area contributed by atoms with E-state index in [1.54, 1.807) is 6.07 Å². The van der Waals surface area contributed by atoms with Crippen LogP contribution in [0.25, 0.3) is 0 Å². The molecular weight excluding hydrogens is 244 g/mol. The third-order valence-corrected chi connectivity index (χ3v) is 5.42. The van der Waals surface area contributed by atoms with Crippen molar-refractivity contribution < 1.29 is 0 Å². The summed E-state index contributed by atoms with van der Waals surface area (Å²) in [6, 6.07) is 1.72. The Morgan fingerprint density at radius 2 is 1.94 bits per heavy atom. The summed E-state index contributed by atoms with van der Waals surface area (Å²) in [4.78, 5) is 19.5. The molecule has 0 aromatic carbocycles. The molecule has 1 aromatic heterocycles. The van der Waals surface area contributed by atoms with Crippen LogP contribution in [0.15, 0.2) is 10.9 Å². The van der Waals surface area contributed by atoms with Crippen molar-refractivity contribution in [2.45, 2.75) is 56.1 Å². The molecule has 0 bridgehead atoms. The van der Waals surface area contributed by atoms with Gasteiger partial charge in [0, 0.05) is 12.0 Å². The Labute approximate surface area is 112 Å². The normalized spacial score (nSPS) is 25.4. The number of nitrogens with zero attached hydrogens (tertiary/aromatic N) is 1. The Kier molecular flexibility index (Phi) is 3.73. The van der Waals surface area contributed by atoms with Gasteiger partial charge in [0.15, 0.2) is 0 Å². The molecular formula is C14H20N2OS. The van der Waals surface area contributed by atoms with Crippen molar-refractivity contribution in [3.05, 3.63) is 27.9 Å². The Morgan fingerprint density at radius 3 is 2.67 bits per heavy atom. The molecule has 0 amide bonds. The third-order valence-electron chi connectivity index (χ3n) is 4.04. The fraction of sp³-hybridized carbons (Fsp3) is 0.714. The number of aromatic amines is 1. The van der Waals surface area contributed by atoms with E-state index in [0.717, 1.165) is 17.9 Å². The van der Waals surface area contributed by atoms with Gasteiger partial charge in [0.2, 0.25) is 0 Å². The summed E-state index contributed by atoms with van der Waals surface area (Å²) in [5, 5.41) is 0.410. The van der Waals surface area contributed by atoms with E-state index in [1.807, 2.05) is 11.8 Å². The van der Waals surface area contributed by atoms with Gasteiger partial charge in [-0.15, -0.1) is 0 Å². The molecule has 1 aliphatic heterocycles. The molecule has 3 rings (SSSR count). The van der Waals surface area contributed by atoms with Crippen LogP contribution < -0.4 is 5.56 Å². The van der Waals surface area contributed by atoms with Gasteiger partial charge in [0.1, 0.15) is 5.82 Å². The van der Waals surface area contributed by atoms with E-state index >= 15 is 0 Å². The lowest BCUT2D eigenvalue weighted by molar-refractivity contribution is 0.637. The molecule has 1 aliphatic carbocycles. The summed E-state index contributed by atoms with van der Waals surface area (Å²) in [5.41, 5.74) is 1.07. The van der Waals surface area contributed by atoms with E-state index in [-0.39, 0.29) is 5.56 Å². The average Bonchev–Trinajstić information content (AvgIpc) is 2.93. The van der Waals surface area contributed by atoms with Gasteiger partial charge in [0.05, 0.1) is 10.9 Å². The first-order valence-corrected chi connectivity index (χ1v) is 8.10. The molecule has 3 nitrogen and oxygen atoms in total. The van der Waals surface area contributed by atoms with Crippen LogP contribution in [0.3, 0.4) is 0 Å². The molecule has 0 spiro atoms. The largest absolute Gasteiger partial charge is 0.310 e. The first-order valence-electron chi connectivity index (χ1n) is 7.06. The number of aromatic nitrogens is 2. The molecule has 1 saturated heterocycles. The summed E-state index contributed by atoms with van der Waals surface area (Å²) in [7, 11) is 0. The van der Waals surface area contributed by atoms with Gasteiger partial charge in [-0.25, -0.2) is 4.98 Å². The predicted molar refractivity (Wildman–Crippen MR) is 75.1 cm³/mol. The number of thioether (sulfide) groups is 1. The molecule has 4 heteroatoms. The van der Waals surface area contributed by atoms with E-state index in [0.29, 0.717) is 11.2 Å². The SMILES string of the molecule is O=c1cc(C2CCCC2)nc(C2CCCCS2)[nH]1. The summed E-state index contributed by atoms with van der Waals surface area (Å²) >= 11 is 1.94. The van der Waals surface area contributed by atoms with Crippen LogP contribution in [-0.4, -0.2) is 15.7 Å². The minimum atomic E-state index is 0.0353. The first kappa shape index (κ1) is 12.3. The van der Waals surface area contributed by atoms with Crippen molar-refractivity contribution in [1.82, 2.24) is 9.97 Å². The predicted octanol–water partition coefficient (Wildman–Crippen LogP) is 3.39. The Balaban J connectivity index is 1.87. The topological polar surface area (TPSA) is 45.8 Å². The van der Waals surface area contributed by atoms with Crippen molar-refractivity contribution >= 4 is 11.8 Å². The summed E-state index contributed by atoms with van der Waals surface area (Å²) < 4.78 is 0.